The molecule has 16 heavy (non-hydrogen) atoms. The van der Waals surface area contributed by atoms with E-state index < -0.39 is 0 Å². The Morgan fingerprint density at radius 3 is 3.06 bits per heavy atom. The van der Waals surface area contributed by atoms with E-state index in [1.165, 1.54) is 0 Å². The molecule has 0 saturated heterocycles. The number of aryl methyl sites for hydroxylation is 1. The lowest BCUT2D eigenvalue weighted by Gasteiger charge is -1.96. The molecule has 0 spiro atoms. The smallest absolute Gasteiger partial charge is 0.196 e. The van der Waals surface area contributed by atoms with Crippen LogP contribution in [0.3, 0.4) is 0 Å². The summed E-state index contributed by atoms with van der Waals surface area (Å²) in [5, 5.41) is 6.27. The number of rotatable bonds is 5. The number of thiazole rings is 1. The molecule has 0 atom stereocenters. The van der Waals surface area contributed by atoms with Gasteiger partial charge in [0.15, 0.2) is 11.7 Å². The average Bonchev–Trinajstić information content (AvgIpc) is 2.87. The predicted molar refractivity (Wildman–Crippen MR) is 64.6 cm³/mol. The van der Waals surface area contributed by atoms with Gasteiger partial charge in [-0.15, -0.1) is 11.3 Å². The minimum atomic E-state index is 0.760. The fourth-order valence-electron chi connectivity index (χ4n) is 1.39. The van der Waals surface area contributed by atoms with Gasteiger partial charge in [-0.05, 0) is 13.5 Å². The molecular formula is C11H15N3OS. The van der Waals surface area contributed by atoms with Crippen molar-refractivity contribution in [3.8, 4) is 11.5 Å². The van der Waals surface area contributed by atoms with E-state index in [1.807, 2.05) is 12.3 Å². The Hall–Kier alpha value is -1.20. The number of hydrogen-bond donors (Lipinski definition) is 1. The number of aromatic nitrogens is 2. The molecule has 5 heteroatoms. The molecule has 2 heterocycles. The Labute approximate surface area is 98.7 Å². The van der Waals surface area contributed by atoms with Gasteiger partial charge < -0.3 is 9.73 Å². The van der Waals surface area contributed by atoms with E-state index >= 15 is 0 Å². The van der Waals surface area contributed by atoms with Crippen molar-refractivity contribution in [3.05, 3.63) is 22.5 Å². The van der Waals surface area contributed by atoms with E-state index in [9.17, 15) is 0 Å². The second-order valence-electron chi connectivity index (χ2n) is 3.47. The van der Waals surface area contributed by atoms with Crippen molar-refractivity contribution in [2.45, 2.75) is 20.3 Å². The van der Waals surface area contributed by atoms with E-state index in [4.69, 9.17) is 4.42 Å². The maximum Gasteiger partial charge on any atom is 0.196 e. The van der Waals surface area contributed by atoms with Crippen LogP contribution in [0.1, 0.15) is 17.8 Å². The van der Waals surface area contributed by atoms with Gasteiger partial charge in [0.05, 0.1) is 11.2 Å². The summed E-state index contributed by atoms with van der Waals surface area (Å²) in [5.41, 5.74) is 0.879. The monoisotopic (exact) mass is 237 g/mol. The number of nitrogens with zero attached hydrogens (tertiary/aromatic N) is 2. The summed E-state index contributed by atoms with van der Waals surface area (Å²) >= 11 is 1.62. The standard InChI is InChI=1S/C11H15N3OS/c1-3-12-5-4-11-13-6-10(15-11)9-7-16-8(2)14-9/h6-7,12H,3-5H2,1-2H3. The average molecular weight is 237 g/mol. The van der Waals surface area contributed by atoms with Crippen LogP contribution in [0.4, 0.5) is 0 Å². The highest BCUT2D eigenvalue weighted by molar-refractivity contribution is 7.09. The lowest BCUT2D eigenvalue weighted by Crippen LogP contribution is -2.16. The number of likely N-dealkylation sites (N-methyl/N-ethyl adjacent to an activating group) is 1. The Balaban J connectivity index is 2.02. The minimum absolute atomic E-state index is 0.760. The first kappa shape index (κ1) is 11.3. The predicted octanol–water partition coefficient (Wildman–Crippen LogP) is 2.26. The molecule has 2 aromatic rings. The van der Waals surface area contributed by atoms with Crippen LogP contribution in [0.5, 0.6) is 0 Å². The molecule has 0 aromatic carbocycles. The van der Waals surface area contributed by atoms with E-state index in [0.29, 0.717) is 0 Å². The molecule has 0 radical (unpaired) electrons. The van der Waals surface area contributed by atoms with Crippen molar-refractivity contribution < 1.29 is 4.42 Å². The zero-order valence-corrected chi connectivity index (χ0v) is 10.3. The van der Waals surface area contributed by atoms with Gasteiger partial charge in [-0.2, -0.15) is 0 Å². The van der Waals surface area contributed by atoms with Crippen LogP contribution < -0.4 is 5.32 Å². The molecule has 86 valence electrons. The number of oxazole rings is 1. The summed E-state index contributed by atoms with van der Waals surface area (Å²) in [6, 6.07) is 0. The summed E-state index contributed by atoms with van der Waals surface area (Å²) in [4.78, 5) is 8.59. The summed E-state index contributed by atoms with van der Waals surface area (Å²) in [5.74, 6) is 1.53. The summed E-state index contributed by atoms with van der Waals surface area (Å²) in [6.45, 7) is 5.93. The molecule has 0 fully saturated rings. The van der Waals surface area contributed by atoms with Gasteiger partial charge in [-0.1, -0.05) is 6.92 Å². The first-order valence-corrected chi connectivity index (χ1v) is 6.25. The first-order chi connectivity index (χ1) is 7.79. The zero-order chi connectivity index (χ0) is 11.4. The van der Waals surface area contributed by atoms with E-state index in [0.717, 1.165) is 41.9 Å². The molecule has 4 nitrogen and oxygen atoms in total. The zero-order valence-electron chi connectivity index (χ0n) is 9.49. The number of nitrogens with one attached hydrogen (secondary N) is 1. The van der Waals surface area contributed by atoms with E-state index in [-0.39, 0.29) is 0 Å². The fourth-order valence-corrected chi connectivity index (χ4v) is 2.00. The van der Waals surface area contributed by atoms with Crippen LogP contribution in [0.25, 0.3) is 11.5 Å². The highest BCUT2D eigenvalue weighted by atomic mass is 32.1. The van der Waals surface area contributed by atoms with E-state index in [1.54, 1.807) is 17.5 Å². The minimum Gasteiger partial charge on any atom is -0.439 e. The molecule has 0 aliphatic heterocycles. The molecule has 0 saturated carbocycles. The van der Waals surface area contributed by atoms with E-state index in [2.05, 4.69) is 22.2 Å². The lowest BCUT2D eigenvalue weighted by molar-refractivity contribution is 0.496. The molecule has 2 rings (SSSR count). The van der Waals surface area contributed by atoms with Gasteiger partial charge in [0.25, 0.3) is 0 Å². The Kier molecular flexibility index (Phi) is 3.69. The topological polar surface area (TPSA) is 51.0 Å². The highest BCUT2D eigenvalue weighted by Crippen LogP contribution is 2.22. The van der Waals surface area contributed by atoms with Crippen molar-refractivity contribution in [2.24, 2.45) is 0 Å². The maximum absolute atomic E-state index is 5.62. The molecular weight excluding hydrogens is 222 g/mol. The largest absolute Gasteiger partial charge is 0.439 e. The Bertz CT molecular complexity index is 450. The molecule has 0 aliphatic carbocycles. The van der Waals surface area contributed by atoms with Crippen molar-refractivity contribution >= 4 is 11.3 Å². The second kappa shape index (κ2) is 5.23. The summed E-state index contributed by atoms with van der Waals surface area (Å²) < 4.78 is 5.62. The van der Waals surface area contributed by atoms with Crippen LogP contribution in [0.2, 0.25) is 0 Å². The highest BCUT2D eigenvalue weighted by Gasteiger charge is 2.08. The molecule has 0 aliphatic rings. The molecule has 1 N–H and O–H groups in total. The van der Waals surface area contributed by atoms with Crippen LogP contribution in [0, 0.1) is 6.92 Å². The van der Waals surface area contributed by atoms with Crippen molar-refractivity contribution in [2.75, 3.05) is 13.1 Å². The van der Waals surface area contributed by atoms with Crippen molar-refractivity contribution in [3.63, 3.8) is 0 Å². The molecule has 0 amide bonds. The van der Waals surface area contributed by atoms with Gasteiger partial charge in [0.1, 0.15) is 5.69 Å². The van der Waals surface area contributed by atoms with Crippen molar-refractivity contribution in [1.29, 1.82) is 0 Å². The van der Waals surface area contributed by atoms with Crippen molar-refractivity contribution in [1.82, 2.24) is 15.3 Å². The first-order valence-electron chi connectivity index (χ1n) is 5.37. The molecule has 0 bridgehead atoms. The third-order valence-electron chi connectivity index (χ3n) is 2.19. The summed E-state index contributed by atoms with van der Waals surface area (Å²) in [7, 11) is 0. The molecule has 0 unspecified atom stereocenters. The van der Waals surface area contributed by atoms with Gasteiger partial charge in [0, 0.05) is 18.3 Å². The summed E-state index contributed by atoms with van der Waals surface area (Å²) in [6.07, 6.45) is 2.56. The Morgan fingerprint density at radius 1 is 1.50 bits per heavy atom. The van der Waals surface area contributed by atoms with Crippen LogP contribution in [-0.2, 0) is 6.42 Å². The van der Waals surface area contributed by atoms with Crippen LogP contribution in [-0.4, -0.2) is 23.1 Å². The second-order valence-corrected chi connectivity index (χ2v) is 4.54. The third kappa shape index (κ3) is 2.68. The number of hydrogen-bond acceptors (Lipinski definition) is 5. The lowest BCUT2D eigenvalue weighted by atomic mass is 10.4. The van der Waals surface area contributed by atoms with Gasteiger partial charge in [-0.3, -0.25) is 0 Å². The van der Waals surface area contributed by atoms with Crippen LogP contribution >= 0.6 is 11.3 Å². The Morgan fingerprint density at radius 2 is 2.38 bits per heavy atom. The molecule has 2 aromatic heterocycles. The third-order valence-corrected chi connectivity index (χ3v) is 2.96. The maximum atomic E-state index is 5.62. The SMILES string of the molecule is CCNCCc1ncc(-c2csc(C)n2)o1. The van der Waals surface area contributed by atoms with Gasteiger partial charge in [0.2, 0.25) is 0 Å². The normalized spacial score (nSPS) is 10.9. The quantitative estimate of drug-likeness (QED) is 0.810. The van der Waals surface area contributed by atoms with Gasteiger partial charge >= 0.3 is 0 Å². The van der Waals surface area contributed by atoms with Gasteiger partial charge in [-0.25, -0.2) is 9.97 Å². The fraction of sp³-hybridized carbons (Fsp3) is 0.455. The van der Waals surface area contributed by atoms with Crippen LogP contribution in [0.15, 0.2) is 16.0 Å².